The Morgan fingerprint density at radius 2 is 1.92 bits per heavy atom. The number of aryl methyl sites for hydroxylation is 1. The fourth-order valence-electron chi connectivity index (χ4n) is 4.75. The summed E-state index contributed by atoms with van der Waals surface area (Å²) >= 11 is 0. The van der Waals surface area contributed by atoms with Gasteiger partial charge in [-0.3, -0.25) is 0 Å². The first-order valence-electron chi connectivity index (χ1n) is 12.3. The lowest BCUT2D eigenvalue weighted by Gasteiger charge is -2.33. The highest BCUT2D eigenvalue weighted by atomic mass is 19.1. The monoisotopic (exact) mass is 516 g/mol. The van der Waals surface area contributed by atoms with Gasteiger partial charge < -0.3 is 24.8 Å². The molecule has 38 heavy (non-hydrogen) atoms. The second-order valence-corrected chi connectivity index (χ2v) is 9.46. The van der Waals surface area contributed by atoms with Crippen molar-refractivity contribution in [3.63, 3.8) is 0 Å². The third-order valence-corrected chi connectivity index (χ3v) is 6.78. The normalized spacial score (nSPS) is 15.8. The molecule has 6 rings (SSSR count). The molecule has 1 saturated heterocycles. The number of halogens is 2. The van der Waals surface area contributed by atoms with Gasteiger partial charge in [0.1, 0.15) is 23.6 Å². The Bertz CT molecular complexity index is 1670. The van der Waals surface area contributed by atoms with E-state index >= 15 is 8.78 Å². The molecule has 0 amide bonds. The topological polar surface area (TPSA) is 93.0 Å². The molecule has 11 heteroatoms. The number of fused-ring (bicyclic) bond motifs is 2. The third-order valence-electron chi connectivity index (χ3n) is 6.78. The summed E-state index contributed by atoms with van der Waals surface area (Å²) in [6, 6.07) is 8.93. The molecule has 0 unspecified atom stereocenters. The molecule has 3 aromatic heterocycles. The molecular formula is C27H26F2N8O. The minimum atomic E-state index is -0.540. The first-order chi connectivity index (χ1) is 18.4. The van der Waals surface area contributed by atoms with E-state index in [0.29, 0.717) is 35.7 Å². The van der Waals surface area contributed by atoms with Crippen LogP contribution in [0.15, 0.2) is 49.2 Å². The van der Waals surface area contributed by atoms with Gasteiger partial charge in [-0.25, -0.2) is 28.7 Å². The number of piperazine rings is 1. The average Bonchev–Trinajstić information content (AvgIpc) is 3.28. The molecule has 0 bridgehead atoms. The Hall–Kier alpha value is -4.38. The van der Waals surface area contributed by atoms with Crippen molar-refractivity contribution in [3.05, 3.63) is 66.4 Å². The lowest BCUT2D eigenvalue weighted by atomic mass is 10.1. The van der Waals surface area contributed by atoms with Crippen molar-refractivity contribution in [2.75, 3.05) is 29.9 Å². The molecule has 0 spiro atoms. The molecule has 9 nitrogen and oxygen atoms in total. The summed E-state index contributed by atoms with van der Waals surface area (Å²) in [5, 5.41) is 6.46. The number of imidazole rings is 1. The summed E-state index contributed by atoms with van der Waals surface area (Å²) in [6.07, 6.45) is 4.54. The SMILES string of the molecule is Cc1c(Oc2ccc3c(c2)ncn3C)ccc(Nc2ncnc3cnc(N4CCN[C@H](C)C4)c(F)c23)c1F. The number of ether oxygens (including phenoxy) is 1. The van der Waals surface area contributed by atoms with Crippen LogP contribution in [0.1, 0.15) is 12.5 Å². The average molecular weight is 517 g/mol. The van der Waals surface area contributed by atoms with Crippen molar-refractivity contribution in [1.29, 1.82) is 0 Å². The van der Waals surface area contributed by atoms with Crippen LogP contribution in [0.5, 0.6) is 11.5 Å². The van der Waals surface area contributed by atoms with Gasteiger partial charge in [-0.05, 0) is 38.1 Å². The maximum Gasteiger partial charge on any atom is 0.178 e. The van der Waals surface area contributed by atoms with Crippen LogP contribution in [0.2, 0.25) is 0 Å². The third kappa shape index (κ3) is 4.24. The van der Waals surface area contributed by atoms with E-state index in [1.807, 2.05) is 35.6 Å². The van der Waals surface area contributed by atoms with E-state index in [0.717, 1.165) is 17.6 Å². The zero-order chi connectivity index (χ0) is 26.4. The van der Waals surface area contributed by atoms with Gasteiger partial charge in [0.2, 0.25) is 0 Å². The molecule has 194 valence electrons. The molecule has 1 fully saturated rings. The zero-order valence-corrected chi connectivity index (χ0v) is 21.2. The highest BCUT2D eigenvalue weighted by molar-refractivity contribution is 5.92. The lowest BCUT2D eigenvalue weighted by molar-refractivity contribution is 0.472. The minimum absolute atomic E-state index is 0.142. The molecule has 2 aromatic carbocycles. The van der Waals surface area contributed by atoms with Crippen LogP contribution >= 0.6 is 0 Å². The van der Waals surface area contributed by atoms with Crippen molar-refractivity contribution in [2.24, 2.45) is 7.05 Å². The van der Waals surface area contributed by atoms with Gasteiger partial charge in [0.15, 0.2) is 17.5 Å². The lowest BCUT2D eigenvalue weighted by Crippen LogP contribution is -2.49. The van der Waals surface area contributed by atoms with Crippen molar-refractivity contribution in [1.82, 2.24) is 29.8 Å². The minimum Gasteiger partial charge on any atom is -0.457 e. The standard InChI is InChI=1S/C27H26F2N8O/c1-15-12-37(9-8-30-15)27-25(29)23-20(11-31-27)32-13-33-26(23)35-18-5-7-22(16(2)24(18)28)38-17-4-6-21-19(10-17)34-14-36(21)3/h4-7,10-11,13-15,30H,8-9,12H2,1-3H3,(H,32,33,35)/t15-/m1/s1. The van der Waals surface area contributed by atoms with Crippen LogP contribution in [-0.4, -0.2) is 50.2 Å². The summed E-state index contributed by atoms with van der Waals surface area (Å²) in [5.41, 5.74) is 2.52. The number of hydrogen-bond donors (Lipinski definition) is 2. The molecule has 5 aromatic rings. The largest absolute Gasteiger partial charge is 0.457 e. The number of hydrogen-bond acceptors (Lipinski definition) is 8. The molecule has 1 aliphatic heterocycles. The van der Waals surface area contributed by atoms with Gasteiger partial charge in [0.05, 0.1) is 40.1 Å². The Morgan fingerprint density at radius 3 is 2.76 bits per heavy atom. The van der Waals surface area contributed by atoms with Crippen molar-refractivity contribution in [3.8, 4) is 11.5 Å². The maximum absolute atomic E-state index is 15.8. The summed E-state index contributed by atoms with van der Waals surface area (Å²) < 4.78 is 39.2. The van der Waals surface area contributed by atoms with E-state index in [1.54, 1.807) is 31.5 Å². The van der Waals surface area contributed by atoms with Crippen molar-refractivity contribution >= 4 is 39.3 Å². The Kier molecular flexibility index (Phi) is 5.99. The zero-order valence-electron chi connectivity index (χ0n) is 21.2. The van der Waals surface area contributed by atoms with Gasteiger partial charge in [0, 0.05) is 44.4 Å². The number of pyridine rings is 1. The maximum atomic E-state index is 15.8. The van der Waals surface area contributed by atoms with Crippen LogP contribution in [-0.2, 0) is 7.05 Å². The van der Waals surface area contributed by atoms with Crippen LogP contribution < -0.4 is 20.3 Å². The highest BCUT2D eigenvalue weighted by Gasteiger charge is 2.24. The predicted octanol–water partition coefficient (Wildman–Crippen LogP) is 4.83. The fraction of sp³-hybridized carbons (Fsp3) is 0.259. The van der Waals surface area contributed by atoms with Crippen molar-refractivity contribution < 1.29 is 13.5 Å². The molecule has 0 radical (unpaired) electrons. The molecule has 0 aliphatic carbocycles. The number of aromatic nitrogens is 5. The van der Waals surface area contributed by atoms with Gasteiger partial charge >= 0.3 is 0 Å². The summed E-state index contributed by atoms with van der Waals surface area (Å²) in [4.78, 5) is 19.0. The van der Waals surface area contributed by atoms with E-state index in [1.165, 1.54) is 12.5 Å². The van der Waals surface area contributed by atoms with E-state index in [4.69, 9.17) is 4.74 Å². The smallest absolute Gasteiger partial charge is 0.178 e. The first-order valence-corrected chi connectivity index (χ1v) is 12.3. The Balaban J connectivity index is 1.31. The quantitative estimate of drug-likeness (QED) is 0.343. The van der Waals surface area contributed by atoms with E-state index in [-0.39, 0.29) is 28.8 Å². The molecule has 1 aliphatic rings. The van der Waals surface area contributed by atoms with Crippen LogP contribution in [0.4, 0.5) is 26.1 Å². The summed E-state index contributed by atoms with van der Waals surface area (Å²) in [5.74, 6) is 0.230. The number of benzene rings is 2. The number of rotatable bonds is 5. The van der Waals surface area contributed by atoms with Crippen molar-refractivity contribution in [2.45, 2.75) is 19.9 Å². The number of nitrogens with zero attached hydrogens (tertiary/aromatic N) is 6. The predicted molar refractivity (Wildman–Crippen MR) is 142 cm³/mol. The second kappa shape index (κ2) is 9.49. The number of nitrogens with one attached hydrogen (secondary N) is 2. The summed E-state index contributed by atoms with van der Waals surface area (Å²) in [7, 11) is 1.91. The highest BCUT2D eigenvalue weighted by Crippen LogP contribution is 2.35. The van der Waals surface area contributed by atoms with Gasteiger partial charge in [-0.2, -0.15) is 0 Å². The van der Waals surface area contributed by atoms with Crippen LogP contribution in [0.25, 0.3) is 21.9 Å². The van der Waals surface area contributed by atoms with Gasteiger partial charge in [0.25, 0.3) is 0 Å². The van der Waals surface area contributed by atoms with E-state index in [9.17, 15) is 0 Å². The summed E-state index contributed by atoms with van der Waals surface area (Å²) in [6.45, 7) is 5.64. The van der Waals surface area contributed by atoms with Gasteiger partial charge in [-0.15, -0.1) is 0 Å². The van der Waals surface area contributed by atoms with Gasteiger partial charge in [-0.1, -0.05) is 0 Å². The molecule has 1 atom stereocenters. The molecule has 4 heterocycles. The fourth-order valence-corrected chi connectivity index (χ4v) is 4.75. The molecular weight excluding hydrogens is 490 g/mol. The second-order valence-electron chi connectivity index (χ2n) is 9.46. The Morgan fingerprint density at radius 1 is 1.05 bits per heavy atom. The molecule has 2 N–H and O–H groups in total. The van der Waals surface area contributed by atoms with Crippen LogP contribution in [0.3, 0.4) is 0 Å². The van der Waals surface area contributed by atoms with E-state index in [2.05, 4.69) is 30.6 Å². The van der Waals surface area contributed by atoms with Crippen LogP contribution in [0, 0.1) is 18.6 Å². The first kappa shape index (κ1) is 24.0. The van der Waals surface area contributed by atoms with E-state index < -0.39 is 11.6 Å². The number of anilines is 3. The Labute approximate surface area is 217 Å². The molecule has 0 saturated carbocycles.